The number of pyridine rings is 1. The standard InChI is InChI=1S/C15H21N5O2S/c1-11(14(21)19(2)3)23-15-18-17-13(20(15)9-10-22-4)12-5-7-16-8-6-12/h5-8,11H,9-10H2,1-4H3/t11-/m0/s1. The third kappa shape index (κ3) is 4.29. The Kier molecular flexibility index (Phi) is 6.12. The van der Waals surface area contributed by atoms with Crippen molar-refractivity contribution in [1.82, 2.24) is 24.6 Å². The molecule has 0 unspecified atom stereocenters. The number of aromatic nitrogens is 4. The fraction of sp³-hybridized carbons (Fsp3) is 0.467. The zero-order valence-electron chi connectivity index (χ0n) is 13.8. The van der Waals surface area contributed by atoms with Crippen LogP contribution in [0.4, 0.5) is 0 Å². The van der Waals surface area contributed by atoms with E-state index in [9.17, 15) is 4.79 Å². The van der Waals surface area contributed by atoms with E-state index in [1.54, 1.807) is 38.5 Å². The maximum atomic E-state index is 12.1. The van der Waals surface area contributed by atoms with Crippen LogP contribution in [0.3, 0.4) is 0 Å². The molecule has 0 aliphatic heterocycles. The van der Waals surface area contributed by atoms with Crippen LogP contribution in [0.25, 0.3) is 11.4 Å². The molecule has 0 N–H and O–H groups in total. The Morgan fingerprint density at radius 2 is 2.04 bits per heavy atom. The number of nitrogens with zero attached hydrogens (tertiary/aromatic N) is 5. The molecular formula is C15H21N5O2S. The minimum atomic E-state index is -0.235. The normalized spacial score (nSPS) is 12.2. The molecule has 2 aromatic rings. The summed E-state index contributed by atoms with van der Waals surface area (Å²) in [6, 6.07) is 3.77. The number of amides is 1. The Hall–Kier alpha value is -1.93. The third-order valence-corrected chi connectivity index (χ3v) is 4.31. The number of carbonyl (C=O) groups is 1. The van der Waals surface area contributed by atoms with E-state index in [2.05, 4.69) is 15.2 Å². The van der Waals surface area contributed by atoms with Crippen LogP contribution in [-0.2, 0) is 16.1 Å². The zero-order valence-corrected chi connectivity index (χ0v) is 14.6. The molecule has 23 heavy (non-hydrogen) atoms. The Bertz CT molecular complexity index is 645. The SMILES string of the molecule is COCCn1c(S[C@@H](C)C(=O)N(C)C)nnc1-c1ccncc1. The second kappa shape index (κ2) is 8.07. The van der Waals surface area contributed by atoms with Crippen LogP contribution in [-0.4, -0.2) is 63.6 Å². The molecule has 0 saturated carbocycles. The van der Waals surface area contributed by atoms with Gasteiger partial charge in [-0.05, 0) is 19.1 Å². The lowest BCUT2D eigenvalue weighted by molar-refractivity contribution is -0.127. The van der Waals surface area contributed by atoms with Crippen LogP contribution >= 0.6 is 11.8 Å². The second-order valence-corrected chi connectivity index (χ2v) is 6.49. The molecule has 0 bridgehead atoms. The van der Waals surface area contributed by atoms with Crippen LogP contribution in [0, 0.1) is 0 Å². The van der Waals surface area contributed by atoms with Gasteiger partial charge in [-0.25, -0.2) is 0 Å². The average molecular weight is 335 g/mol. The van der Waals surface area contributed by atoms with E-state index in [1.165, 1.54) is 11.8 Å². The predicted octanol–water partition coefficient (Wildman–Crippen LogP) is 1.56. The molecule has 2 aromatic heterocycles. The maximum absolute atomic E-state index is 12.1. The summed E-state index contributed by atoms with van der Waals surface area (Å²) < 4.78 is 7.15. The first-order valence-corrected chi connectivity index (χ1v) is 8.13. The van der Waals surface area contributed by atoms with Crippen LogP contribution in [0.2, 0.25) is 0 Å². The molecule has 0 radical (unpaired) electrons. The van der Waals surface area contributed by atoms with Crippen molar-refractivity contribution in [1.29, 1.82) is 0 Å². The highest BCUT2D eigenvalue weighted by molar-refractivity contribution is 8.00. The molecule has 7 nitrogen and oxygen atoms in total. The van der Waals surface area contributed by atoms with Gasteiger partial charge in [0.25, 0.3) is 0 Å². The van der Waals surface area contributed by atoms with Gasteiger partial charge in [0.2, 0.25) is 5.91 Å². The number of hydrogen-bond acceptors (Lipinski definition) is 6. The fourth-order valence-corrected chi connectivity index (χ4v) is 3.07. The number of rotatable bonds is 7. The summed E-state index contributed by atoms with van der Waals surface area (Å²) in [5.41, 5.74) is 0.932. The van der Waals surface area contributed by atoms with E-state index in [-0.39, 0.29) is 11.2 Å². The number of hydrogen-bond donors (Lipinski definition) is 0. The summed E-state index contributed by atoms with van der Waals surface area (Å²) in [4.78, 5) is 17.7. The number of methoxy groups -OCH3 is 1. The van der Waals surface area contributed by atoms with Gasteiger partial charge in [-0.15, -0.1) is 10.2 Å². The fourth-order valence-electron chi connectivity index (χ4n) is 2.05. The number of thioether (sulfide) groups is 1. The summed E-state index contributed by atoms with van der Waals surface area (Å²) in [6.07, 6.45) is 3.44. The minimum absolute atomic E-state index is 0.0433. The van der Waals surface area contributed by atoms with E-state index < -0.39 is 0 Å². The van der Waals surface area contributed by atoms with Gasteiger partial charge in [-0.2, -0.15) is 0 Å². The van der Waals surface area contributed by atoms with E-state index in [4.69, 9.17) is 4.74 Å². The van der Waals surface area contributed by atoms with Crippen molar-refractivity contribution in [3.8, 4) is 11.4 Å². The molecule has 2 heterocycles. The average Bonchev–Trinajstić information content (AvgIpc) is 2.95. The highest BCUT2D eigenvalue weighted by Gasteiger charge is 2.21. The quantitative estimate of drug-likeness (QED) is 0.715. The van der Waals surface area contributed by atoms with Crippen LogP contribution in [0.1, 0.15) is 6.92 Å². The van der Waals surface area contributed by atoms with Crippen LogP contribution in [0.15, 0.2) is 29.7 Å². The highest BCUT2D eigenvalue weighted by Crippen LogP contribution is 2.27. The second-order valence-electron chi connectivity index (χ2n) is 5.18. The molecule has 0 spiro atoms. The van der Waals surface area contributed by atoms with Gasteiger partial charge < -0.3 is 9.64 Å². The summed E-state index contributed by atoms with van der Waals surface area (Å²) in [5.74, 6) is 0.790. The number of carbonyl (C=O) groups excluding carboxylic acids is 1. The van der Waals surface area contributed by atoms with E-state index in [0.29, 0.717) is 18.3 Å². The minimum Gasteiger partial charge on any atom is -0.383 e. The van der Waals surface area contributed by atoms with E-state index in [1.807, 2.05) is 23.6 Å². The van der Waals surface area contributed by atoms with Crippen molar-refractivity contribution in [2.45, 2.75) is 23.9 Å². The molecule has 8 heteroatoms. The first-order chi connectivity index (χ1) is 11.0. The summed E-state index contributed by atoms with van der Waals surface area (Å²) >= 11 is 1.40. The van der Waals surface area contributed by atoms with Gasteiger partial charge in [0.15, 0.2) is 11.0 Å². The topological polar surface area (TPSA) is 73.1 Å². The van der Waals surface area contributed by atoms with Gasteiger partial charge in [0.1, 0.15) is 0 Å². The Morgan fingerprint density at radius 3 is 2.65 bits per heavy atom. The van der Waals surface area contributed by atoms with E-state index >= 15 is 0 Å². The van der Waals surface area contributed by atoms with Crippen LogP contribution in [0.5, 0.6) is 0 Å². The smallest absolute Gasteiger partial charge is 0.235 e. The molecule has 0 saturated heterocycles. The molecule has 2 rings (SSSR count). The first-order valence-electron chi connectivity index (χ1n) is 7.25. The van der Waals surface area contributed by atoms with Crippen molar-refractivity contribution in [2.75, 3.05) is 27.8 Å². The summed E-state index contributed by atoms with van der Waals surface area (Å²) in [6.45, 7) is 3.03. The Balaban J connectivity index is 2.29. The maximum Gasteiger partial charge on any atom is 0.235 e. The van der Waals surface area contributed by atoms with Crippen LogP contribution < -0.4 is 0 Å². The van der Waals surface area contributed by atoms with Gasteiger partial charge in [0, 0.05) is 39.2 Å². The van der Waals surface area contributed by atoms with Gasteiger partial charge in [-0.1, -0.05) is 11.8 Å². The summed E-state index contributed by atoms with van der Waals surface area (Å²) in [7, 11) is 5.15. The Morgan fingerprint density at radius 1 is 1.35 bits per heavy atom. The molecule has 0 aliphatic rings. The first kappa shape index (κ1) is 17.4. The Labute approximate surface area is 140 Å². The third-order valence-electron chi connectivity index (χ3n) is 3.25. The highest BCUT2D eigenvalue weighted by atomic mass is 32.2. The lowest BCUT2D eigenvalue weighted by atomic mass is 10.2. The van der Waals surface area contributed by atoms with E-state index in [0.717, 1.165) is 11.4 Å². The molecule has 0 fully saturated rings. The molecule has 124 valence electrons. The monoisotopic (exact) mass is 335 g/mol. The molecular weight excluding hydrogens is 314 g/mol. The van der Waals surface area contributed by atoms with Gasteiger partial charge in [0.05, 0.1) is 18.4 Å². The van der Waals surface area contributed by atoms with Crippen molar-refractivity contribution >= 4 is 17.7 Å². The predicted molar refractivity (Wildman–Crippen MR) is 89.1 cm³/mol. The van der Waals surface area contributed by atoms with Crippen molar-refractivity contribution in [2.24, 2.45) is 0 Å². The molecule has 0 aromatic carbocycles. The number of ether oxygens (including phenoxy) is 1. The largest absolute Gasteiger partial charge is 0.383 e. The van der Waals surface area contributed by atoms with Gasteiger partial charge >= 0.3 is 0 Å². The molecule has 0 aliphatic carbocycles. The summed E-state index contributed by atoms with van der Waals surface area (Å²) in [5, 5.41) is 9.01. The van der Waals surface area contributed by atoms with Crippen molar-refractivity contribution in [3.63, 3.8) is 0 Å². The lowest BCUT2D eigenvalue weighted by Gasteiger charge is -2.16. The van der Waals surface area contributed by atoms with Gasteiger partial charge in [-0.3, -0.25) is 14.3 Å². The van der Waals surface area contributed by atoms with Crippen molar-refractivity contribution in [3.05, 3.63) is 24.5 Å². The zero-order chi connectivity index (χ0) is 16.8. The lowest BCUT2D eigenvalue weighted by Crippen LogP contribution is -2.29. The van der Waals surface area contributed by atoms with Crippen molar-refractivity contribution < 1.29 is 9.53 Å². The molecule has 1 amide bonds. The molecule has 1 atom stereocenters.